The van der Waals surface area contributed by atoms with E-state index in [1.807, 2.05) is 42.6 Å². The van der Waals surface area contributed by atoms with Crippen molar-refractivity contribution >= 4 is 44.6 Å². The lowest BCUT2D eigenvalue weighted by Gasteiger charge is -2.11. The number of nitrogens with two attached hydrogens (primary N) is 1. The Labute approximate surface area is 193 Å². The molecule has 0 bridgehead atoms. The summed E-state index contributed by atoms with van der Waals surface area (Å²) in [7, 11) is 0. The van der Waals surface area contributed by atoms with E-state index in [0.29, 0.717) is 28.9 Å². The SMILES string of the molecule is NC(=Nc1ccc(OCc2ccccc2)cc1C1CC1)c1cnn2cc(Br)cc2c1Cl. The molecule has 2 aromatic heterocycles. The van der Waals surface area contributed by atoms with E-state index in [0.717, 1.165) is 45.4 Å². The van der Waals surface area contributed by atoms with Crippen molar-refractivity contribution in [1.82, 2.24) is 9.61 Å². The second kappa shape index (κ2) is 8.36. The zero-order chi connectivity index (χ0) is 21.4. The third kappa shape index (κ3) is 4.31. The van der Waals surface area contributed by atoms with Gasteiger partial charge < -0.3 is 10.5 Å². The quantitative estimate of drug-likeness (QED) is 0.254. The molecule has 1 aliphatic carbocycles. The first-order chi connectivity index (χ1) is 15.1. The Hall–Kier alpha value is -2.83. The maximum absolute atomic E-state index is 6.59. The minimum Gasteiger partial charge on any atom is -0.489 e. The number of hydrogen-bond donors (Lipinski definition) is 1. The van der Waals surface area contributed by atoms with Crippen LogP contribution in [0.2, 0.25) is 5.02 Å². The molecule has 0 spiro atoms. The standard InChI is InChI=1S/C24H20BrClN4O/c25-17-10-22-23(26)20(12-28-30(22)13-17)24(27)29-21-9-8-18(11-19(21)16-6-7-16)31-14-15-4-2-1-3-5-15/h1-5,8-13,16H,6-7,14H2,(H2,27,29). The van der Waals surface area contributed by atoms with Crippen LogP contribution in [0.1, 0.15) is 35.4 Å². The van der Waals surface area contributed by atoms with E-state index in [2.05, 4.69) is 39.2 Å². The summed E-state index contributed by atoms with van der Waals surface area (Å²) in [6.45, 7) is 0.532. The van der Waals surface area contributed by atoms with Crippen LogP contribution in [-0.4, -0.2) is 15.4 Å². The number of fused-ring (bicyclic) bond motifs is 1. The molecule has 5 rings (SSSR count). The van der Waals surface area contributed by atoms with E-state index in [1.54, 1.807) is 10.7 Å². The number of aromatic nitrogens is 2. The van der Waals surface area contributed by atoms with E-state index >= 15 is 0 Å². The van der Waals surface area contributed by atoms with Crippen molar-refractivity contribution in [2.24, 2.45) is 10.7 Å². The Balaban J connectivity index is 1.44. The molecule has 0 amide bonds. The summed E-state index contributed by atoms with van der Waals surface area (Å²) in [5.74, 6) is 1.67. The average Bonchev–Trinajstić information content (AvgIpc) is 3.55. The van der Waals surface area contributed by atoms with Crippen LogP contribution in [-0.2, 0) is 6.61 Å². The molecule has 7 heteroatoms. The van der Waals surface area contributed by atoms with Gasteiger partial charge in [0.15, 0.2) is 0 Å². The lowest BCUT2D eigenvalue weighted by molar-refractivity contribution is 0.306. The van der Waals surface area contributed by atoms with Crippen LogP contribution in [0.3, 0.4) is 0 Å². The second-order valence-electron chi connectivity index (χ2n) is 7.63. The minimum atomic E-state index is 0.345. The van der Waals surface area contributed by atoms with Crippen LogP contribution in [0.5, 0.6) is 5.75 Å². The van der Waals surface area contributed by atoms with Crippen molar-refractivity contribution in [3.8, 4) is 5.75 Å². The first-order valence-corrected chi connectivity index (χ1v) is 11.2. The van der Waals surface area contributed by atoms with Crippen LogP contribution < -0.4 is 10.5 Å². The monoisotopic (exact) mass is 494 g/mol. The highest BCUT2D eigenvalue weighted by Gasteiger charge is 2.27. The molecule has 4 aromatic rings. The number of benzene rings is 2. The van der Waals surface area contributed by atoms with Gasteiger partial charge in [0.2, 0.25) is 0 Å². The molecule has 2 N–H and O–H groups in total. The van der Waals surface area contributed by atoms with Gasteiger partial charge in [0.05, 0.1) is 28.0 Å². The summed E-state index contributed by atoms with van der Waals surface area (Å²) in [5, 5.41) is 4.91. The molecule has 0 saturated heterocycles. The molecule has 0 radical (unpaired) electrons. The van der Waals surface area contributed by atoms with Crippen LogP contribution in [0.15, 0.2) is 76.5 Å². The van der Waals surface area contributed by atoms with Gasteiger partial charge in [0.25, 0.3) is 0 Å². The fourth-order valence-electron chi connectivity index (χ4n) is 3.55. The lowest BCUT2D eigenvalue weighted by atomic mass is 10.1. The van der Waals surface area contributed by atoms with Crippen molar-refractivity contribution < 1.29 is 4.74 Å². The van der Waals surface area contributed by atoms with Gasteiger partial charge in [-0.15, -0.1) is 0 Å². The van der Waals surface area contributed by atoms with E-state index in [9.17, 15) is 0 Å². The Morgan fingerprint density at radius 1 is 1.19 bits per heavy atom. The van der Waals surface area contributed by atoms with Crippen molar-refractivity contribution in [3.63, 3.8) is 0 Å². The molecule has 31 heavy (non-hydrogen) atoms. The van der Waals surface area contributed by atoms with Gasteiger partial charge in [-0.3, -0.25) is 0 Å². The molecular formula is C24H20BrClN4O. The summed E-state index contributed by atoms with van der Waals surface area (Å²) >= 11 is 10.0. The fourth-order valence-corrected chi connectivity index (χ4v) is 4.25. The number of hydrogen-bond acceptors (Lipinski definition) is 3. The summed E-state index contributed by atoms with van der Waals surface area (Å²) in [4.78, 5) is 4.72. The Morgan fingerprint density at radius 3 is 2.77 bits per heavy atom. The molecule has 0 unspecified atom stereocenters. The number of ether oxygens (including phenoxy) is 1. The minimum absolute atomic E-state index is 0.345. The van der Waals surface area contributed by atoms with Crippen LogP contribution in [0, 0.1) is 0 Å². The Kier molecular flexibility index (Phi) is 5.42. The van der Waals surface area contributed by atoms with Gasteiger partial charge in [-0.1, -0.05) is 41.9 Å². The lowest BCUT2D eigenvalue weighted by Crippen LogP contribution is -2.15. The molecule has 2 aromatic carbocycles. The summed E-state index contributed by atoms with van der Waals surface area (Å²) in [6, 6.07) is 18.0. The third-order valence-electron chi connectivity index (χ3n) is 5.32. The highest BCUT2D eigenvalue weighted by atomic mass is 79.9. The van der Waals surface area contributed by atoms with Crippen molar-refractivity contribution in [2.75, 3.05) is 0 Å². The molecule has 1 aliphatic rings. The molecular weight excluding hydrogens is 476 g/mol. The summed E-state index contributed by atoms with van der Waals surface area (Å²) in [6.07, 6.45) is 5.79. The summed E-state index contributed by atoms with van der Waals surface area (Å²) in [5.41, 5.74) is 10.9. The van der Waals surface area contributed by atoms with E-state index in [-0.39, 0.29) is 0 Å². The third-order valence-corrected chi connectivity index (χ3v) is 6.15. The number of amidine groups is 1. The first-order valence-electron chi connectivity index (χ1n) is 10.1. The number of nitrogens with zero attached hydrogens (tertiary/aromatic N) is 3. The fraction of sp³-hybridized carbons (Fsp3) is 0.167. The van der Waals surface area contributed by atoms with Crippen LogP contribution in [0.25, 0.3) is 5.52 Å². The number of aliphatic imine (C=N–C) groups is 1. The first kappa shape index (κ1) is 20.1. The highest BCUT2D eigenvalue weighted by molar-refractivity contribution is 9.10. The highest BCUT2D eigenvalue weighted by Crippen LogP contribution is 2.45. The maximum atomic E-state index is 6.59. The zero-order valence-corrected chi connectivity index (χ0v) is 19.0. The van der Waals surface area contributed by atoms with Gasteiger partial charge >= 0.3 is 0 Å². The van der Waals surface area contributed by atoms with Crippen molar-refractivity contribution in [1.29, 1.82) is 0 Å². The van der Waals surface area contributed by atoms with Gasteiger partial charge in [-0.05, 0) is 70.1 Å². The summed E-state index contributed by atoms with van der Waals surface area (Å²) < 4.78 is 8.61. The van der Waals surface area contributed by atoms with Crippen molar-refractivity contribution in [3.05, 3.63) is 93.2 Å². The molecule has 156 valence electrons. The molecule has 0 aliphatic heterocycles. The Bertz CT molecular complexity index is 1280. The molecule has 2 heterocycles. The topological polar surface area (TPSA) is 64.9 Å². The second-order valence-corrected chi connectivity index (χ2v) is 8.92. The van der Waals surface area contributed by atoms with E-state index < -0.39 is 0 Å². The van der Waals surface area contributed by atoms with E-state index in [4.69, 9.17) is 27.1 Å². The number of rotatable bonds is 6. The average molecular weight is 496 g/mol. The van der Waals surface area contributed by atoms with Gasteiger partial charge in [-0.2, -0.15) is 5.10 Å². The van der Waals surface area contributed by atoms with Crippen molar-refractivity contribution in [2.45, 2.75) is 25.4 Å². The number of halogens is 2. The largest absolute Gasteiger partial charge is 0.489 e. The smallest absolute Gasteiger partial charge is 0.134 e. The van der Waals surface area contributed by atoms with Gasteiger partial charge in [0, 0.05) is 10.7 Å². The van der Waals surface area contributed by atoms with E-state index in [1.165, 1.54) is 0 Å². The maximum Gasteiger partial charge on any atom is 0.134 e. The van der Waals surface area contributed by atoms with Crippen LogP contribution in [0.4, 0.5) is 5.69 Å². The van der Waals surface area contributed by atoms with Gasteiger partial charge in [0.1, 0.15) is 18.2 Å². The van der Waals surface area contributed by atoms with Crippen LogP contribution >= 0.6 is 27.5 Å². The molecule has 0 atom stereocenters. The molecule has 5 nitrogen and oxygen atoms in total. The molecule has 1 fully saturated rings. The zero-order valence-electron chi connectivity index (χ0n) is 16.6. The van der Waals surface area contributed by atoms with Gasteiger partial charge in [-0.25, -0.2) is 9.51 Å². The predicted octanol–water partition coefficient (Wildman–Crippen LogP) is 6.24. The normalized spacial score (nSPS) is 14.2. The Morgan fingerprint density at radius 2 is 2.00 bits per heavy atom. The predicted molar refractivity (Wildman–Crippen MR) is 127 cm³/mol. The molecule has 1 saturated carbocycles.